The van der Waals surface area contributed by atoms with E-state index in [0.29, 0.717) is 13.1 Å². The number of β-amino-alcohol motifs (C(OH)–C–C–N with tert-alkyl or cyclic N) is 1. The topological polar surface area (TPSA) is 87.4 Å². The standard InChI is InChI=1S/C12H17N3O3.ClH/c16-12-8-14-7-10(12)6-13-5-9-1-3-11(4-2-9)15(17)18;/h1-4,10,12-14,16H,5-8H2;1H. The molecular formula is C12H18ClN3O3. The second-order valence-electron chi connectivity index (χ2n) is 4.54. The number of hydrogen-bond acceptors (Lipinski definition) is 5. The Balaban J connectivity index is 0.00000180. The lowest BCUT2D eigenvalue weighted by atomic mass is 10.1. The molecule has 1 aliphatic heterocycles. The van der Waals surface area contributed by atoms with Crippen LogP contribution in [0.2, 0.25) is 0 Å². The molecule has 7 heteroatoms. The van der Waals surface area contributed by atoms with Crippen molar-refractivity contribution in [3.63, 3.8) is 0 Å². The summed E-state index contributed by atoms with van der Waals surface area (Å²) in [6.45, 7) is 2.88. The lowest BCUT2D eigenvalue weighted by Gasteiger charge is -2.13. The largest absolute Gasteiger partial charge is 0.391 e. The van der Waals surface area contributed by atoms with Crippen molar-refractivity contribution in [3.8, 4) is 0 Å². The van der Waals surface area contributed by atoms with Gasteiger partial charge in [-0.25, -0.2) is 0 Å². The molecule has 1 aromatic rings. The summed E-state index contributed by atoms with van der Waals surface area (Å²) in [6, 6.07) is 6.49. The second kappa shape index (κ2) is 7.40. The maximum atomic E-state index is 10.5. The lowest BCUT2D eigenvalue weighted by Crippen LogP contribution is -2.30. The van der Waals surface area contributed by atoms with Crippen molar-refractivity contribution < 1.29 is 10.0 Å². The number of hydrogen-bond donors (Lipinski definition) is 3. The highest BCUT2D eigenvalue weighted by atomic mass is 35.5. The summed E-state index contributed by atoms with van der Waals surface area (Å²) in [5.74, 6) is 0.239. The summed E-state index contributed by atoms with van der Waals surface area (Å²) >= 11 is 0. The number of nitro groups is 1. The molecular weight excluding hydrogens is 270 g/mol. The Labute approximate surface area is 117 Å². The van der Waals surface area contributed by atoms with Gasteiger partial charge in [-0.3, -0.25) is 10.1 Å². The summed E-state index contributed by atoms with van der Waals surface area (Å²) in [6.07, 6.45) is -0.283. The number of nitrogens with zero attached hydrogens (tertiary/aromatic N) is 1. The number of nitro benzene ring substituents is 1. The molecule has 2 unspecified atom stereocenters. The Hall–Kier alpha value is -1.21. The first-order chi connectivity index (χ1) is 8.66. The van der Waals surface area contributed by atoms with E-state index in [9.17, 15) is 15.2 Å². The number of aliphatic hydroxyl groups is 1. The quantitative estimate of drug-likeness (QED) is 0.548. The third kappa shape index (κ3) is 4.43. The first-order valence-electron chi connectivity index (χ1n) is 5.99. The van der Waals surface area contributed by atoms with Crippen LogP contribution >= 0.6 is 12.4 Å². The second-order valence-corrected chi connectivity index (χ2v) is 4.54. The molecule has 6 nitrogen and oxygen atoms in total. The van der Waals surface area contributed by atoms with Gasteiger partial charge in [-0.1, -0.05) is 12.1 Å². The van der Waals surface area contributed by atoms with Gasteiger partial charge in [0.15, 0.2) is 0 Å². The summed E-state index contributed by atoms with van der Waals surface area (Å²) in [4.78, 5) is 10.1. The minimum atomic E-state index is -0.405. The van der Waals surface area contributed by atoms with Crippen molar-refractivity contribution in [1.82, 2.24) is 10.6 Å². The van der Waals surface area contributed by atoms with Crippen molar-refractivity contribution in [1.29, 1.82) is 0 Å². The molecule has 1 heterocycles. The maximum Gasteiger partial charge on any atom is 0.269 e. The minimum absolute atomic E-state index is 0. The zero-order valence-corrected chi connectivity index (χ0v) is 11.2. The fraction of sp³-hybridized carbons (Fsp3) is 0.500. The van der Waals surface area contributed by atoms with Crippen molar-refractivity contribution in [2.75, 3.05) is 19.6 Å². The molecule has 0 aliphatic carbocycles. The van der Waals surface area contributed by atoms with E-state index < -0.39 is 4.92 Å². The summed E-state index contributed by atoms with van der Waals surface area (Å²) in [7, 11) is 0. The first kappa shape index (κ1) is 15.8. The Morgan fingerprint density at radius 1 is 1.37 bits per heavy atom. The molecule has 106 valence electrons. The summed E-state index contributed by atoms with van der Waals surface area (Å²) < 4.78 is 0. The number of nitrogens with one attached hydrogen (secondary N) is 2. The fourth-order valence-electron chi connectivity index (χ4n) is 2.06. The Kier molecular flexibility index (Phi) is 6.17. The van der Waals surface area contributed by atoms with Crippen LogP contribution in [0, 0.1) is 16.0 Å². The lowest BCUT2D eigenvalue weighted by molar-refractivity contribution is -0.384. The zero-order chi connectivity index (χ0) is 13.0. The molecule has 0 saturated carbocycles. The van der Waals surface area contributed by atoms with Gasteiger partial charge in [0.05, 0.1) is 11.0 Å². The third-order valence-corrected chi connectivity index (χ3v) is 3.19. The Morgan fingerprint density at radius 3 is 2.58 bits per heavy atom. The van der Waals surface area contributed by atoms with Gasteiger partial charge >= 0.3 is 0 Å². The van der Waals surface area contributed by atoms with Gasteiger partial charge in [0.2, 0.25) is 0 Å². The monoisotopic (exact) mass is 287 g/mol. The molecule has 1 aromatic carbocycles. The molecule has 1 saturated heterocycles. The maximum absolute atomic E-state index is 10.5. The van der Waals surface area contributed by atoms with Crippen LogP contribution < -0.4 is 10.6 Å². The summed E-state index contributed by atoms with van der Waals surface area (Å²) in [5.41, 5.74) is 1.11. The molecule has 0 spiro atoms. The SMILES string of the molecule is Cl.O=[N+]([O-])c1ccc(CNCC2CNCC2O)cc1. The molecule has 19 heavy (non-hydrogen) atoms. The van der Waals surface area contributed by atoms with Crippen LogP contribution in [0.4, 0.5) is 5.69 Å². The first-order valence-corrected chi connectivity index (χ1v) is 5.99. The average Bonchev–Trinajstić information content (AvgIpc) is 2.76. The van der Waals surface area contributed by atoms with E-state index in [0.717, 1.165) is 18.7 Å². The van der Waals surface area contributed by atoms with Gasteiger partial charge < -0.3 is 15.7 Å². The predicted molar refractivity (Wildman–Crippen MR) is 74.4 cm³/mol. The van der Waals surface area contributed by atoms with Crippen LogP contribution in [0.3, 0.4) is 0 Å². The van der Waals surface area contributed by atoms with E-state index in [1.54, 1.807) is 12.1 Å². The number of aliphatic hydroxyl groups excluding tert-OH is 1. The highest BCUT2D eigenvalue weighted by molar-refractivity contribution is 5.85. The van der Waals surface area contributed by atoms with Crippen LogP contribution in [-0.4, -0.2) is 35.8 Å². The smallest absolute Gasteiger partial charge is 0.269 e. The highest BCUT2D eigenvalue weighted by Crippen LogP contribution is 2.12. The van der Waals surface area contributed by atoms with E-state index in [4.69, 9.17) is 0 Å². The van der Waals surface area contributed by atoms with Crippen LogP contribution in [0.25, 0.3) is 0 Å². The van der Waals surface area contributed by atoms with Gasteiger partial charge in [0, 0.05) is 44.2 Å². The zero-order valence-electron chi connectivity index (χ0n) is 10.4. The van der Waals surface area contributed by atoms with Crippen molar-refractivity contribution >= 4 is 18.1 Å². The third-order valence-electron chi connectivity index (χ3n) is 3.19. The molecule has 0 bridgehead atoms. The highest BCUT2D eigenvalue weighted by Gasteiger charge is 2.23. The van der Waals surface area contributed by atoms with E-state index >= 15 is 0 Å². The number of benzene rings is 1. The Bertz CT molecular complexity index is 413. The predicted octanol–water partition coefficient (Wildman–Crippen LogP) is 0.686. The fourth-order valence-corrected chi connectivity index (χ4v) is 2.06. The average molecular weight is 288 g/mol. The molecule has 2 atom stereocenters. The number of non-ortho nitro benzene ring substituents is 1. The molecule has 0 amide bonds. The molecule has 0 aromatic heterocycles. The molecule has 1 aliphatic rings. The molecule has 2 rings (SSSR count). The number of halogens is 1. The van der Waals surface area contributed by atoms with Crippen LogP contribution in [0.5, 0.6) is 0 Å². The van der Waals surface area contributed by atoms with E-state index in [1.807, 2.05) is 0 Å². The van der Waals surface area contributed by atoms with Gasteiger partial charge in [0.25, 0.3) is 5.69 Å². The van der Waals surface area contributed by atoms with Gasteiger partial charge in [-0.05, 0) is 5.56 Å². The van der Waals surface area contributed by atoms with Gasteiger partial charge in [0.1, 0.15) is 0 Å². The molecule has 0 radical (unpaired) electrons. The summed E-state index contributed by atoms with van der Waals surface area (Å²) in [5, 5.41) is 26.5. The normalized spacial score (nSPS) is 21.9. The van der Waals surface area contributed by atoms with E-state index in [1.165, 1.54) is 12.1 Å². The number of rotatable bonds is 5. The van der Waals surface area contributed by atoms with E-state index in [-0.39, 0.29) is 30.1 Å². The van der Waals surface area contributed by atoms with E-state index in [2.05, 4.69) is 10.6 Å². The van der Waals surface area contributed by atoms with Crippen molar-refractivity contribution in [2.24, 2.45) is 5.92 Å². The van der Waals surface area contributed by atoms with Crippen molar-refractivity contribution in [3.05, 3.63) is 39.9 Å². The molecule has 3 N–H and O–H groups in total. The minimum Gasteiger partial charge on any atom is -0.391 e. The Morgan fingerprint density at radius 2 is 2.05 bits per heavy atom. The van der Waals surface area contributed by atoms with Crippen LogP contribution in [-0.2, 0) is 6.54 Å². The molecule has 1 fully saturated rings. The van der Waals surface area contributed by atoms with Gasteiger partial charge in [-0.2, -0.15) is 0 Å². The van der Waals surface area contributed by atoms with Gasteiger partial charge in [-0.15, -0.1) is 12.4 Å². The van der Waals surface area contributed by atoms with Crippen LogP contribution in [0.1, 0.15) is 5.56 Å². The van der Waals surface area contributed by atoms with Crippen molar-refractivity contribution in [2.45, 2.75) is 12.6 Å². The van der Waals surface area contributed by atoms with Crippen LogP contribution in [0.15, 0.2) is 24.3 Å².